The number of aromatic nitrogens is 2. The number of methoxy groups -OCH3 is 2. The van der Waals surface area contributed by atoms with Crippen LogP contribution in [0.25, 0.3) is 11.0 Å². The molecule has 0 N–H and O–H groups in total. The number of carbonyl (C=O) groups is 3. The summed E-state index contributed by atoms with van der Waals surface area (Å²) in [4.78, 5) is 37.0. The number of hydrogen-bond donors (Lipinski definition) is 0. The van der Waals surface area contributed by atoms with Crippen molar-refractivity contribution in [3.63, 3.8) is 0 Å². The van der Waals surface area contributed by atoms with Crippen LogP contribution >= 0.6 is 0 Å². The molecule has 0 spiro atoms. The molecule has 7 heteroatoms. The normalized spacial score (nSPS) is 10.6. The monoisotopic (exact) mass is 353 g/mol. The third-order valence-corrected chi connectivity index (χ3v) is 4.09. The highest BCUT2D eigenvalue weighted by atomic mass is 16.5. The van der Waals surface area contributed by atoms with E-state index in [9.17, 15) is 14.4 Å². The average Bonchev–Trinajstić information content (AvgIpc) is 3.01. The van der Waals surface area contributed by atoms with Gasteiger partial charge in [-0.3, -0.25) is 0 Å². The number of aryl methyl sites for hydroxylation is 1. The van der Waals surface area contributed by atoms with Crippen molar-refractivity contribution in [3.05, 3.63) is 65.5 Å². The molecule has 0 unspecified atom stereocenters. The van der Waals surface area contributed by atoms with E-state index in [4.69, 9.17) is 9.47 Å². The molecule has 0 aliphatic carbocycles. The van der Waals surface area contributed by atoms with Crippen LogP contribution in [0.5, 0.6) is 0 Å². The van der Waals surface area contributed by atoms with E-state index >= 15 is 0 Å². The molecule has 0 aliphatic heterocycles. The molecule has 7 nitrogen and oxygen atoms in total. The van der Waals surface area contributed by atoms with Crippen LogP contribution in [0.4, 0.5) is 0 Å². The molecule has 3 rings (SSSR count). The van der Waals surface area contributed by atoms with Gasteiger partial charge in [0.15, 0.2) is 11.0 Å². The molecular weight excluding hydrogens is 336 g/mol. The van der Waals surface area contributed by atoms with Gasteiger partial charge in [0.2, 0.25) is 0 Å². The Balaban J connectivity index is 2.26. The van der Waals surface area contributed by atoms with Crippen molar-refractivity contribution < 1.29 is 28.4 Å². The van der Waals surface area contributed by atoms with Crippen LogP contribution in [0.1, 0.15) is 31.1 Å². The molecule has 0 radical (unpaired) electrons. The number of rotatable bonds is 3. The first-order valence-electron chi connectivity index (χ1n) is 7.79. The van der Waals surface area contributed by atoms with Crippen LogP contribution in [-0.2, 0) is 16.5 Å². The van der Waals surface area contributed by atoms with Crippen LogP contribution in [0, 0.1) is 0 Å². The van der Waals surface area contributed by atoms with E-state index in [0.717, 1.165) is 0 Å². The minimum Gasteiger partial charge on any atom is -0.465 e. The maximum Gasteiger partial charge on any atom is 0.346 e. The van der Waals surface area contributed by atoms with Crippen molar-refractivity contribution in [3.8, 4) is 0 Å². The number of esters is 2. The van der Waals surface area contributed by atoms with Crippen molar-refractivity contribution >= 4 is 28.9 Å². The molecule has 2 aromatic carbocycles. The Hall–Kier alpha value is -3.48. The van der Waals surface area contributed by atoms with Crippen molar-refractivity contribution in [2.75, 3.05) is 14.2 Å². The minimum atomic E-state index is -0.685. The van der Waals surface area contributed by atoms with E-state index in [1.165, 1.54) is 30.9 Å². The number of hydrogen-bond acceptors (Lipinski definition) is 5. The van der Waals surface area contributed by atoms with E-state index in [-0.39, 0.29) is 17.0 Å². The van der Waals surface area contributed by atoms with E-state index in [0.29, 0.717) is 16.6 Å². The summed E-state index contributed by atoms with van der Waals surface area (Å²) in [6, 6.07) is 11.8. The molecule has 0 aliphatic rings. The number of benzene rings is 2. The van der Waals surface area contributed by atoms with E-state index in [1.54, 1.807) is 42.2 Å². The number of ether oxygens (including phenoxy) is 2. The Labute approximate surface area is 149 Å². The highest BCUT2D eigenvalue weighted by Crippen LogP contribution is 2.21. The highest BCUT2D eigenvalue weighted by Gasteiger charge is 2.27. The molecule has 0 saturated heterocycles. The summed E-state index contributed by atoms with van der Waals surface area (Å²) in [5.74, 6) is -1.60. The SMILES string of the molecule is COC(=O)c1cc2c(cc1C(=O)OC)[n+](C)cn2C(=O)c1ccccc1. The van der Waals surface area contributed by atoms with Gasteiger partial charge in [0.05, 0.1) is 38.0 Å². The van der Waals surface area contributed by atoms with Crippen LogP contribution in [-0.4, -0.2) is 36.6 Å². The standard InChI is InChI=1S/C19H17N2O5/c1-20-11-21(17(22)12-7-5-4-6-8-12)16-10-14(19(24)26-3)13(9-15(16)20)18(23)25-2/h4-11H,1-3H3/q+1. The summed E-state index contributed by atoms with van der Waals surface area (Å²) >= 11 is 0. The molecule has 0 fully saturated rings. The Morgan fingerprint density at radius 2 is 1.50 bits per heavy atom. The highest BCUT2D eigenvalue weighted by molar-refractivity contribution is 6.08. The van der Waals surface area contributed by atoms with Gasteiger partial charge in [0, 0.05) is 12.1 Å². The zero-order valence-electron chi connectivity index (χ0n) is 14.6. The lowest BCUT2D eigenvalue weighted by Crippen LogP contribution is -2.26. The van der Waals surface area contributed by atoms with Gasteiger partial charge in [-0.05, 0) is 12.1 Å². The third kappa shape index (κ3) is 2.83. The molecule has 1 heterocycles. The number of fused-ring (bicyclic) bond motifs is 1. The van der Waals surface area contributed by atoms with Crippen molar-refractivity contribution in [1.29, 1.82) is 0 Å². The quantitative estimate of drug-likeness (QED) is 0.529. The first-order chi connectivity index (χ1) is 12.5. The molecule has 1 aromatic heterocycles. The van der Waals surface area contributed by atoms with E-state index in [1.807, 2.05) is 6.07 Å². The summed E-state index contributed by atoms with van der Waals surface area (Å²) < 4.78 is 12.6. The molecule has 3 aromatic rings. The summed E-state index contributed by atoms with van der Waals surface area (Å²) in [7, 11) is 4.20. The second-order valence-electron chi connectivity index (χ2n) is 5.64. The lowest BCUT2D eigenvalue weighted by Gasteiger charge is -2.06. The summed E-state index contributed by atoms with van der Waals surface area (Å²) in [6.45, 7) is 0. The van der Waals surface area contributed by atoms with Crippen molar-refractivity contribution in [1.82, 2.24) is 4.57 Å². The van der Waals surface area contributed by atoms with Gasteiger partial charge in [-0.25, -0.2) is 19.0 Å². The van der Waals surface area contributed by atoms with Crippen LogP contribution in [0.2, 0.25) is 0 Å². The molecule has 0 bridgehead atoms. The number of carbonyl (C=O) groups excluding carboxylic acids is 3. The van der Waals surface area contributed by atoms with Crippen molar-refractivity contribution in [2.24, 2.45) is 7.05 Å². The molecular formula is C19H17N2O5+. The molecule has 26 heavy (non-hydrogen) atoms. The van der Waals surface area contributed by atoms with Gasteiger partial charge in [-0.2, -0.15) is 4.57 Å². The lowest BCUT2D eigenvalue weighted by atomic mass is 10.1. The maximum absolute atomic E-state index is 12.8. The Morgan fingerprint density at radius 1 is 0.923 bits per heavy atom. The molecule has 0 atom stereocenters. The Kier molecular flexibility index (Phi) is 4.53. The molecule has 132 valence electrons. The zero-order chi connectivity index (χ0) is 18.8. The number of imidazole rings is 1. The molecule has 0 amide bonds. The number of nitrogens with zero attached hydrogens (tertiary/aromatic N) is 2. The minimum absolute atomic E-state index is 0.0349. The smallest absolute Gasteiger partial charge is 0.346 e. The fraction of sp³-hybridized carbons (Fsp3) is 0.158. The van der Waals surface area contributed by atoms with E-state index < -0.39 is 11.9 Å². The predicted molar refractivity (Wildman–Crippen MR) is 92.0 cm³/mol. The van der Waals surface area contributed by atoms with Crippen LogP contribution < -0.4 is 4.57 Å². The Morgan fingerprint density at radius 3 is 2.08 bits per heavy atom. The lowest BCUT2D eigenvalue weighted by molar-refractivity contribution is -0.645. The topological polar surface area (TPSA) is 78.5 Å². The van der Waals surface area contributed by atoms with E-state index in [2.05, 4.69) is 0 Å². The van der Waals surface area contributed by atoms with Crippen LogP contribution in [0.3, 0.4) is 0 Å². The summed E-state index contributed by atoms with van der Waals surface area (Å²) in [5, 5.41) is 0. The van der Waals surface area contributed by atoms with Gasteiger partial charge in [-0.15, -0.1) is 0 Å². The second kappa shape index (κ2) is 6.79. The third-order valence-electron chi connectivity index (χ3n) is 4.09. The van der Waals surface area contributed by atoms with Gasteiger partial charge >= 0.3 is 17.8 Å². The summed E-state index contributed by atoms with van der Waals surface area (Å²) in [6.07, 6.45) is 1.60. The maximum atomic E-state index is 12.8. The van der Waals surface area contributed by atoms with Gasteiger partial charge in [0.1, 0.15) is 0 Å². The van der Waals surface area contributed by atoms with Gasteiger partial charge < -0.3 is 9.47 Å². The fourth-order valence-electron chi connectivity index (χ4n) is 2.79. The predicted octanol–water partition coefficient (Wildman–Crippen LogP) is 1.73. The zero-order valence-corrected chi connectivity index (χ0v) is 14.6. The summed E-state index contributed by atoms with van der Waals surface area (Å²) in [5.41, 5.74) is 1.69. The van der Waals surface area contributed by atoms with Gasteiger partial charge in [0.25, 0.3) is 6.33 Å². The Bertz CT molecular complexity index is 1020. The second-order valence-corrected chi connectivity index (χ2v) is 5.64. The molecule has 0 saturated carbocycles. The fourth-order valence-corrected chi connectivity index (χ4v) is 2.79. The van der Waals surface area contributed by atoms with Gasteiger partial charge in [-0.1, -0.05) is 18.2 Å². The van der Waals surface area contributed by atoms with Crippen molar-refractivity contribution in [2.45, 2.75) is 0 Å². The average molecular weight is 353 g/mol. The first kappa shape index (κ1) is 17.3. The van der Waals surface area contributed by atoms with Crippen LogP contribution in [0.15, 0.2) is 48.8 Å². The first-order valence-corrected chi connectivity index (χ1v) is 7.79. The largest absolute Gasteiger partial charge is 0.465 e.